The van der Waals surface area contributed by atoms with E-state index in [0.717, 1.165) is 36.5 Å². The molecule has 176 valence electrons. The highest BCUT2D eigenvalue weighted by Crippen LogP contribution is 2.45. The van der Waals surface area contributed by atoms with Crippen LogP contribution in [-0.2, 0) is 0 Å². The highest BCUT2D eigenvalue weighted by molar-refractivity contribution is 6.30. The van der Waals surface area contributed by atoms with Gasteiger partial charge in [-0.15, -0.1) is 0 Å². The summed E-state index contributed by atoms with van der Waals surface area (Å²) in [5.74, 6) is 1.06. The number of hydrogen-bond donors (Lipinski definition) is 1. The van der Waals surface area contributed by atoms with E-state index in [0.29, 0.717) is 17.1 Å². The fourth-order valence-corrected chi connectivity index (χ4v) is 3.94. The van der Waals surface area contributed by atoms with Gasteiger partial charge in [-0.3, -0.25) is 4.90 Å². The Labute approximate surface area is 192 Å². The largest absolute Gasteiger partial charge is 0.434 e. The highest BCUT2D eigenvalue weighted by atomic mass is 35.5. The molecule has 2 N–H and O–H groups in total. The van der Waals surface area contributed by atoms with E-state index in [4.69, 9.17) is 22.1 Å². The quantitative estimate of drug-likeness (QED) is 0.492. The maximum atomic E-state index is 12.8. The smallest absolute Gasteiger partial charge is 0.387 e. The molecule has 1 aromatic rings. The minimum absolute atomic E-state index is 0.128. The van der Waals surface area contributed by atoms with E-state index >= 15 is 0 Å². The van der Waals surface area contributed by atoms with E-state index < -0.39 is 6.61 Å². The molecule has 31 heavy (non-hydrogen) atoms. The first-order valence-electron chi connectivity index (χ1n) is 11.4. The van der Waals surface area contributed by atoms with Crippen molar-refractivity contribution >= 4 is 11.6 Å². The third kappa shape index (κ3) is 7.80. The van der Waals surface area contributed by atoms with Crippen LogP contribution in [0.25, 0.3) is 0 Å². The van der Waals surface area contributed by atoms with Crippen molar-refractivity contribution < 1.29 is 13.5 Å². The molecule has 1 unspecified atom stereocenters. The fourth-order valence-electron chi connectivity index (χ4n) is 3.78. The summed E-state index contributed by atoms with van der Waals surface area (Å²) in [5, 5.41) is 0.374. The molecule has 3 nitrogen and oxygen atoms in total. The second-order valence-corrected chi connectivity index (χ2v) is 8.28. The zero-order valence-corrected chi connectivity index (χ0v) is 20.6. The molecule has 1 aliphatic carbocycles. The summed E-state index contributed by atoms with van der Waals surface area (Å²) in [4.78, 5) is 2.10. The van der Waals surface area contributed by atoms with Gasteiger partial charge in [0.1, 0.15) is 5.75 Å². The van der Waals surface area contributed by atoms with Crippen LogP contribution >= 0.6 is 11.6 Å². The predicted octanol–water partition coefficient (Wildman–Crippen LogP) is 7.72. The van der Waals surface area contributed by atoms with Crippen LogP contribution in [-0.4, -0.2) is 25.1 Å². The topological polar surface area (TPSA) is 38.5 Å². The molecule has 0 saturated heterocycles. The van der Waals surface area contributed by atoms with E-state index in [1.165, 1.54) is 24.5 Å². The van der Waals surface area contributed by atoms with Crippen molar-refractivity contribution in [2.75, 3.05) is 13.6 Å². The maximum Gasteiger partial charge on any atom is 0.387 e. The van der Waals surface area contributed by atoms with Gasteiger partial charge in [0.05, 0.1) is 6.04 Å². The molecule has 0 amide bonds. The highest BCUT2D eigenvalue weighted by Gasteiger charge is 2.32. The minimum Gasteiger partial charge on any atom is -0.434 e. The van der Waals surface area contributed by atoms with E-state index in [9.17, 15) is 8.78 Å². The number of halogens is 3. The van der Waals surface area contributed by atoms with Crippen LogP contribution in [0.4, 0.5) is 8.78 Å². The SMILES string of the molecule is CC.CCC(C)CC.CN1CC=C(N)C2=C(CCC2)C1c1ccc(Cl)cc1OC(F)F. The average Bonchev–Trinajstić information content (AvgIpc) is 3.20. The molecule has 1 aliphatic heterocycles. The Morgan fingerprint density at radius 1 is 1.19 bits per heavy atom. The third-order valence-electron chi connectivity index (χ3n) is 5.86. The van der Waals surface area contributed by atoms with Gasteiger partial charge in [-0.05, 0) is 61.6 Å². The second kappa shape index (κ2) is 13.7. The number of nitrogens with zero attached hydrogens (tertiary/aromatic N) is 1. The lowest BCUT2D eigenvalue weighted by molar-refractivity contribution is -0.0509. The number of hydrogen-bond acceptors (Lipinski definition) is 3. The Morgan fingerprint density at radius 2 is 1.84 bits per heavy atom. The first-order chi connectivity index (χ1) is 14.8. The van der Waals surface area contributed by atoms with Crippen molar-refractivity contribution in [1.29, 1.82) is 0 Å². The van der Waals surface area contributed by atoms with Crippen molar-refractivity contribution in [2.24, 2.45) is 11.7 Å². The molecule has 0 bridgehead atoms. The summed E-state index contributed by atoms with van der Waals surface area (Å²) in [6, 6.07) is 4.80. The van der Waals surface area contributed by atoms with Crippen molar-refractivity contribution in [3.8, 4) is 5.75 Å². The zero-order valence-electron chi connectivity index (χ0n) is 19.9. The van der Waals surface area contributed by atoms with Gasteiger partial charge < -0.3 is 10.5 Å². The van der Waals surface area contributed by atoms with Crippen LogP contribution in [0.15, 0.2) is 41.1 Å². The normalized spacial score (nSPS) is 18.5. The predicted molar refractivity (Wildman–Crippen MR) is 128 cm³/mol. The van der Waals surface area contributed by atoms with Crippen LogP contribution in [0.5, 0.6) is 5.75 Å². The summed E-state index contributed by atoms with van der Waals surface area (Å²) in [7, 11) is 1.96. The molecule has 6 heteroatoms. The molecule has 0 radical (unpaired) electrons. The fraction of sp³-hybridized carbons (Fsp3) is 0.600. The summed E-state index contributed by atoms with van der Waals surface area (Å²) >= 11 is 5.96. The monoisotopic (exact) mass is 456 g/mol. The third-order valence-corrected chi connectivity index (χ3v) is 6.09. The molecule has 0 saturated carbocycles. The zero-order chi connectivity index (χ0) is 23.6. The average molecular weight is 457 g/mol. The van der Waals surface area contributed by atoms with Crippen molar-refractivity contribution in [3.63, 3.8) is 0 Å². The Hall–Kier alpha value is -1.59. The Bertz CT molecular complexity index is 745. The summed E-state index contributed by atoms with van der Waals surface area (Å²) in [6.45, 7) is 8.51. The molecule has 1 heterocycles. The molecule has 0 spiro atoms. The van der Waals surface area contributed by atoms with Gasteiger partial charge in [-0.25, -0.2) is 0 Å². The van der Waals surface area contributed by atoms with Gasteiger partial charge in [0.15, 0.2) is 0 Å². The number of benzene rings is 1. The van der Waals surface area contributed by atoms with Crippen molar-refractivity contribution in [3.05, 3.63) is 51.7 Å². The van der Waals surface area contributed by atoms with Crippen molar-refractivity contribution in [1.82, 2.24) is 4.90 Å². The van der Waals surface area contributed by atoms with Gasteiger partial charge in [0, 0.05) is 22.8 Å². The number of rotatable bonds is 5. The second-order valence-electron chi connectivity index (χ2n) is 7.84. The maximum absolute atomic E-state index is 12.8. The molecular formula is C25H39ClF2N2O. The lowest BCUT2D eigenvalue weighted by Crippen LogP contribution is -2.26. The lowest BCUT2D eigenvalue weighted by atomic mass is 9.94. The number of nitrogens with two attached hydrogens (primary N) is 1. The first kappa shape index (κ1) is 27.4. The molecule has 0 fully saturated rings. The van der Waals surface area contributed by atoms with Crippen LogP contribution in [0, 0.1) is 5.92 Å². The van der Waals surface area contributed by atoms with Gasteiger partial charge in [-0.2, -0.15) is 8.78 Å². The minimum atomic E-state index is -2.89. The van der Waals surface area contributed by atoms with E-state index in [1.807, 2.05) is 27.0 Å². The van der Waals surface area contributed by atoms with Crippen molar-refractivity contribution in [2.45, 2.75) is 79.4 Å². The van der Waals surface area contributed by atoms with Gasteiger partial charge in [0.25, 0.3) is 0 Å². The number of ether oxygens (including phenoxy) is 1. The van der Waals surface area contributed by atoms with E-state index in [-0.39, 0.29) is 11.8 Å². The summed E-state index contributed by atoms with van der Waals surface area (Å²) < 4.78 is 30.3. The van der Waals surface area contributed by atoms with Gasteiger partial charge in [0.2, 0.25) is 0 Å². The van der Waals surface area contributed by atoms with Crippen LogP contribution in [0.1, 0.15) is 78.3 Å². The Kier molecular flexibility index (Phi) is 12.2. The van der Waals surface area contributed by atoms with Gasteiger partial charge >= 0.3 is 6.61 Å². The molecule has 1 atom stereocenters. The van der Waals surface area contributed by atoms with Crippen LogP contribution in [0.2, 0.25) is 5.02 Å². The lowest BCUT2D eigenvalue weighted by Gasteiger charge is -2.30. The Morgan fingerprint density at radius 3 is 2.39 bits per heavy atom. The number of allylic oxidation sites excluding steroid dienone is 1. The molecule has 2 aliphatic rings. The molecule has 1 aromatic carbocycles. The molecule has 0 aromatic heterocycles. The van der Waals surface area contributed by atoms with Gasteiger partial charge in [-0.1, -0.05) is 65.1 Å². The number of likely N-dealkylation sites (N-methyl/N-ethyl adjacent to an activating group) is 1. The first-order valence-corrected chi connectivity index (χ1v) is 11.8. The summed E-state index contributed by atoms with van der Waals surface area (Å²) in [6.07, 6.45) is 7.52. The van der Waals surface area contributed by atoms with E-state index in [2.05, 4.69) is 25.7 Å². The summed E-state index contributed by atoms with van der Waals surface area (Å²) in [5.41, 5.74) is 10.0. The molecular weight excluding hydrogens is 418 g/mol. The standard InChI is InChI=1S/C17H19ClF2N2O.C6H14.C2H6/c1-22-8-7-14(21)11-3-2-4-12(11)16(22)13-6-5-10(18)9-15(13)23-17(19)20;1-4-6(3)5-2;1-2/h5-7,9,16-17H,2-4,8,21H2,1H3;6H,4-5H2,1-3H3;1-2H3. The molecule has 3 rings (SSSR count). The Balaban J connectivity index is 0.000000521. The van der Waals surface area contributed by atoms with E-state index in [1.54, 1.807) is 12.1 Å². The van der Waals surface area contributed by atoms with Crippen LogP contribution < -0.4 is 10.5 Å². The van der Waals surface area contributed by atoms with Crippen LogP contribution in [0.3, 0.4) is 0 Å². The number of alkyl halides is 2.